The van der Waals surface area contributed by atoms with Gasteiger partial charge in [0.2, 0.25) is 0 Å². The molecule has 0 aromatic heterocycles. The van der Waals surface area contributed by atoms with Crippen LogP contribution in [0, 0.1) is 11.3 Å². The number of hydrogen-bond acceptors (Lipinski definition) is 3. The average Bonchev–Trinajstić information content (AvgIpc) is 2.58. The second kappa shape index (κ2) is 3.70. The first-order valence-electron chi connectivity index (χ1n) is 6.70. The largest absolute Gasteiger partial charge is 0.454 e. The number of carbonyl (C=O) groups is 1. The zero-order valence-electron chi connectivity index (χ0n) is 11.0. The first kappa shape index (κ1) is 12.0. The van der Waals surface area contributed by atoms with Crippen molar-refractivity contribution in [2.24, 2.45) is 11.3 Å². The molecule has 18 heavy (non-hydrogen) atoms. The molecule has 0 aromatic rings. The van der Waals surface area contributed by atoms with Gasteiger partial charge in [0.15, 0.2) is 0 Å². The van der Waals surface area contributed by atoms with Crippen molar-refractivity contribution in [3.05, 3.63) is 23.3 Å². The van der Waals surface area contributed by atoms with Gasteiger partial charge in [-0.25, -0.2) is 4.79 Å². The summed E-state index contributed by atoms with van der Waals surface area (Å²) in [5, 5.41) is 9.98. The molecule has 3 nitrogen and oxygen atoms in total. The number of aliphatic hydroxyl groups is 1. The van der Waals surface area contributed by atoms with E-state index < -0.39 is 0 Å². The quantitative estimate of drug-likeness (QED) is 0.529. The van der Waals surface area contributed by atoms with Gasteiger partial charge in [-0.05, 0) is 55.1 Å². The lowest BCUT2D eigenvalue weighted by Crippen LogP contribution is -2.44. The summed E-state index contributed by atoms with van der Waals surface area (Å²) >= 11 is 0. The van der Waals surface area contributed by atoms with Crippen LogP contribution in [0.5, 0.6) is 0 Å². The van der Waals surface area contributed by atoms with Crippen molar-refractivity contribution < 1.29 is 14.6 Å². The van der Waals surface area contributed by atoms with E-state index in [-0.39, 0.29) is 29.5 Å². The van der Waals surface area contributed by atoms with Crippen molar-refractivity contribution >= 4 is 5.97 Å². The molecule has 3 aliphatic rings. The SMILES string of the molecule is C=C1[C@H](O)CC[C@]2(C)C[C@H]3OC(=O)C(C)=C3C[C@H]12. The molecule has 0 spiro atoms. The van der Waals surface area contributed by atoms with Crippen LogP contribution >= 0.6 is 0 Å². The lowest BCUT2D eigenvalue weighted by atomic mass is 9.56. The summed E-state index contributed by atoms with van der Waals surface area (Å²) in [6.07, 6.45) is 3.07. The number of hydrogen-bond donors (Lipinski definition) is 1. The zero-order valence-corrected chi connectivity index (χ0v) is 11.0. The van der Waals surface area contributed by atoms with Crippen molar-refractivity contribution in [3.63, 3.8) is 0 Å². The van der Waals surface area contributed by atoms with E-state index >= 15 is 0 Å². The van der Waals surface area contributed by atoms with Crippen molar-refractivity contribution in [3.8, 4) is 0 Å². The molecule has 1 aliphatic heterocycles. The van der Waals surface area contributed by atoms with E-state index in [9.17, 15) is 9.90 Å². The highest BCUT2D eigenvalue weighted by atomic mass is 16.5. The number of fused-ring (bicyclic) bond motifs is 2. The van der Waals surface area contributed by atoms with Crippen LogP contribution in [-0.4, -0.2) is 23.3 Å². The highest BCUT2D eigenvalue weighted by Gasteiger charge is 2.50. The fourth-order valence-corrected chi connectivity index (χ4v) is 3.88. The molecule has 3 heteroatoms. The second-order valence-electron chi connectivity index (χ2n) is 6.29. The molecule has 2 aliphatic carbocycles. The Morgan fingerprint density at radius 3 is 2.94 bits per heavy atom. The van der Waals surface area contributed by atoms with E-state index in [4.69, 9.17) is 4.74 Å². The van der Waals surface area contributed by atoms with E-state index in [0.29, 0.717) is 0 Å². The molecule has 3 rings (SSSR count). The molecule has 0 saturated heterocycles. The lowest BCUT2D eigenvalue weighted by molar-refractivity contribution is -0.142. The van der Waals surface area contributed by atoms with Crippen LogP contribution in [0.15, 0.2) is 23.3 Å². The Bertz CT molecular complexity index is 462. The topological polar surface area (TPSA) is 46.5 Å². The van der Waals surface area contributed by atoms with E-state index in [1.807, 2.05) is 6.92 Å². The number of rotatable bonds is 0. The van der Waals surface area contributed by atoms with E-state index in [0.717, 1.165) is 42.4 Å². The average molecular weight is 248 g/mol. The highest BCUT2D eigenvalue weighted by molar-refractivity contribution is 5.91. The van der Waals surface area contributed by atoms with Gasteiger partial charge in [-0.1, -0.05) is 13.5 Å². The van der Waals surface area contributed by atoms with Crippen molar-refractivity contribution in [1.29, 1.82) is 0 Å². The van der Waals surface area contributed by atoms with Gasteiger partial charge in [0.05, 0.1) is 6.10 Å². The molecule has 4 atom stereocenters. The Kier molecular flexibility index (Phi) is 2.46. The molecule has 0 unspecified atom stereocenters. The normalized spacial score (nSPS) is 43.6. The molecule has 0 amide bonds. The molecular weight excluding hydrogens is 228 g/mol. The Morgan fingerprint density at radius 1 is 1.50 bits per heavy atom. The van der Waals surface area contributed by atoms with Crippen LogP contribution in [0.1, 0.15) is 39.5 Å². The number of ether oxygens (including phenoxy) is 1. The van der Waals surface area contributed by atoms with Crippen molar-refractivity contribution in [1.82, 2.24) is 0 Å². The van der Waals surface area contributed by atoms with Gasteiger partial charge in [0, 0.05) is 5.57 Å². The van der Waals surface area contributed by atoms with Crippen LogP contribution < -0.4 is 0 Å². The summed E-state index contributed by atoms with van der Waals surface area (Å²) in [6.45, 7) is 8.18. The number of carbonyl (C=O) groups excluding carboxylic acids is 1. The number of esters is 1. The van der Waals surface area contributed by atoms with Crippen LogP contribution in [-0.2, 0) is 9.53 Å². The van der Waals surface area contributed by atoms with Crippen molar-refractivity contribution in [2.45, 2.75) is 51.7 Å². The Hall–Kier alpha value is -1.09. The fraction of sp³-hybridized carbons (Fsp3) is 0.667. The Labute approximate surface area is 108 Å². The molecule has 0 bridgehead atoms. The van der Waals surface area contributed by atoms with Gasteiger partial charge < -0.3 is 9.84 Å². The minimum Gasteiger partial charge on any atom is -0.454 e. The maximum absolute atomic E-state index is 11.6. The third kappa shape index (κ3) is 1.50. The first-order valence-corrected chi connectivity index (χ1v) is 6.70. The van der Waals surface area contributed by atoms with Gasteiger partial charge in [-0.15, -0.1) is 0 Å². The molecule has 1 N–H and O–H groups in total. The van der Waals surface area contributed by atoms with Gasteiger partial charge >= 0.3 is 5.97 Å². The predicted octanol–water partition coefficient (Wildman–Crippen LogP) is 2.36. The Balaban J connectivity index is 1.96. The third-order valence-electron chi connectivity index (χ3n) is 5.21. The van der Waals surface area contributed by atoms with Crippen molar-refractivity contribution in [2.75, 3.05) is 0 Å². The molecule has 0 aromatic carbocycles. The van der Waals surface area contributed by atoms with Gasteiger partial charge in [0.1, 0.15) is 6.10 Å². The zero-order chi connectivity index (χ0) is 13.1. The lowest BCUT2D eigenvalue weighted by Gasteiger charge is -2.49. The van der Waals surface area contributed by atoms with Crippen LogP contribution in [0.4, 0.5) is 0 Å². The van der Waals surface area contributed by atoms with Gasteiger partial charge in [0.25, 0.3) is 0 Å². The minimum absolute atomic E-state index is 0.0261. The smallest absolute Gasteiger partial charge is 0.334 e. The van der Waals surface area contributed by atoms with E-state index in [2.05, 4.69) is 13.5 Å². The summed E-state index contributed by atoms with van der Waals surface area (Å²) in [4.78, 5) is 11.6. The molecule has 98 valence electrons. The third-order valence-corrected chi connectivity index (χ3v) is 5.21. The second-order valence-corrected chi connectivity index (χ2v) is 6.29. The van der Waals surface area contributed by atoms with E-state index in [1.54, 1.807) is 0 Å². The predicted molar refractivity (Wildman–Crippen MR) is 67.8 cm³/mol. The summed E-state index contributed by atoms with van der Waals surface area (Å²) in [7, 11) is 0. The fourth-order valence-electron chi connectivity index (χ4n) is 3.88. The molecule has 2 saturated carbocycles. The summed E-state index contributed by atoms with van der Waals surface area (Å²) in [6, 6.07) is 0. The molecule has 2 fully saturated rings. The standard InChI is InChI=1S/C15H20O3/c1-8-10-6-11-9(2)12(16)4-5-15(11,3)7-13(10)18-14(8)17/h11-13,16H,2,4-7H2,1,3H3/t11-,12-,13-,15-/m1/s1. The summed E-state index contributed by atoms with van der Waals surface area (Å²) < 4.78 is 5.45. The van der Waals surface area contributed by atoms with E-state index in [1.165, 1.54) is 0 Å². The summed E-state index contributed by atoms with van der Waals surface area (Å²) in [5.74, 6) is 0.125. The Morgan fingerprint density at radius 2 is 2.22 bits per heavy atom. The molecular formula is C15H20O3. The maximum Gasteiger partial charge on any atom is 0.334 e. The van der Waals surface area contributed by atoms with Gasteiger partial charge in [-0.3, -0.25) is 0 Å². The first-order chi connectivity index (χ1) is 8.42. The molecule has 0 radical (unpaired) electrons. The van der Waals surface area contributed by atoms with Gasteiger partial charge in [-0.2, -0.15) is 0 Å². The van der Waals surface area contributed by atoms with Crippen LogP contribution in [0.3, 0.4) is 0 Å². The highest BCUT2D eigenvalue weighted by Crippen LogP contribution is 2.55. The monoisotopic (exact) mass is 248 g/mol. The molecule has 1 heterocycles. The summed E-state index contributed by atoms with van der Waals surface area (Å²) in [5.41, 5.74) is 2.98. The van der Waals surface area contributed by atoms with Crippen LogP contribution in [0.25, 0.3) is 0 Å². The number of aliphatic hydroxyl groups excluding tert-OH is 1. The maximum atomic E-state index is 11.6. The minimum atomic E-state index is -0.376. The van der Waals surface area contributed by atoms with Crippen LogP contribution in [0.2, 0.25) is 0 Å².